The molecule has 0 aliphatic heterocycles. The van der Waals surface area contributed by atoms with Crippen molar-refractivity contribution in [2.45, 2.75) is 18.8 Å². The first kappa shape index (κ1) is 15.4. The minimum Gasteiger partial charge on any atom is -0.298 e. The molecular formula is C17H19Cl2N. The lowest BCUT2D eigenvalue weighted by Crippen LogP contribution is -2.26. The molecule has 2 rings (SSSR count). The third kappa shape index (κ3) is 4.52. The molecule has 1 nitrogen and oxygen atoms in total. The minimum atomic E-state index is -0.0177. The Labute approximate surface area is 131 Å². The van der Waals surface area contributed by atoms with Gasteiger partial charge in [-0.3, -0.25) is 4.90 Å². The van der Waals surface area contributed by atoms with Crippen molar-refractivity contribution in [3.05, 3.63) is 70.7 Å². The zero-order chi connectivity index (χ0) is 14.4. The fraction of sp³-hybridized carbons (Fsp3) is 0.294. The standard InChI is InChI=1S/C17H19Cl2N/c1-2-20(12-14-6-4-3-5-7-14)13-17(19)15-8-10-16(18)11-9-15/h3-11,17H,2,12-13H2,1H3. The summed E-state index contributed by atoms with van der Waals surface area (Å²) in [6, 6.07) is 18.2. The van der Waals surface area contributed by atoms with Crippen LogP contribution < -0.4 is 0 Å². The average molecular weight is 308 g/mol. The lowest BCUT2D eigenvalue weighted by Gasteiger charge is -2.23. The quantitative estimate of drug-likeness (QED) is 0.668. The van der Waals surface area contributed by atoms with Crippen LogP contribution in [0.4, 0.5) is 0 Å². The average Bonchev–Trinajstić information content (AvgIpc) is 2.48. The van der Waals surface area contributed by atoms with Gasteiger partial charge in [-0.15, -0.1) is 11.6 Å². The lowest BCUT2D eigenvalue weighted by molar-refractivity contribution is 0.280. The van der Waals surface area contributed by atoms with E-state index in [2.05, 4.69) is 36.1 Å². The van der Waals surface area contributed by atoms with E-state index in [1.54, 1.807) is 0 Å². The zero-order valence-corrected chi connectivity index (χ0v) is 13.1. The van der Waals surface area contributed by atoms with Crippen LogP contribution in [0.3, 0.4) is 0 Å². The number of hydrogen-bond donors (Lipinski definition) is 0. The molecule has 2 aromatic rings. The Morgan fingerprint density at radius 3 is 2.25 bits per heavy atom. The Morgan fingerprint density at radius 1 is 1.00 bits per heavy atom. The van der Waals surface area contributed by atoms with Crippen molar-refractivity contribution in [2.24, 2.45) is 0 Å². The summed E-state index contributed by atoms with van der Waals surface area (Å²) < 4.78 is 0. The molecule has 0 aromatic heterocycles. The number of benzene rings is 2. The molecule has 0 radical (unpaired) electrons. The second-order valence-electron chi connectivity index (χ2n) is 4.83. The van der Waals surface area contributed by atoms with Gasteiger partial charge in [-0.25, -0.2) is 0 Å². The first-order valence-electron chi connectivity index (χ1n) is 6.85. The van der Waals surface area contributed by atoms with Crippen molar-refractivity contribution in [1.29, 1.82) is 0 Å². The summed E-state index contributed by atoms with van der Waals surface area (Å²) in [4.78, 5) is 2.35. The first-order valence-corrected chi connectivity index (χ1v) is 7.66. The Hall–Kier alpha value is -1.02. The normalized spacial score (nSPS) is 12.6. The smallest absolute Gasteiger partial charge is 0.0712 e. The van der Waals surface area contributed by atoms with E-state index in [0.29, 0.717) is 0 Å². The van der Waals surface area contributed by atoms with E-state index in [4.69, 9.17) is 23.2 Å². The van der Waals surface area contributed by atoms with Crippen LogP contribution >= 0.6 is 23.2 Å². The third-order valence-corrected chi connectivity index (χ3v) is 3.99. The van der Waals surface area contributed by atoms with Crippen molar-refractivity contribution in [2.75, 3.05) is 13.1 Å². The highest BCUT2D eigenvalue weighted by molar-refractivity contribution is 6.30. The summed E-state index contributed by atoms with van der Waals surface area (Å²) in [5.41, 5.74) is 2.43. The van der Waals surface area contributed by atoms with Gasteiger partial charge >= 0.3 is 0 Å². The van der Waals surface area contributed by atoms with Crippen LogP contribution in [-0.4, -0.2) is 18.0 Å². The summed E-state index contributed by atoms with van der Waals surface area (Å²) >= 11 is 12.4. The Balaban J connectivity index is 1.97. The van der Waals surface area contributed by atoms with E-state index < -0.39 is 0 Å². The van der Waals surface area contributed by atoms with Crippen LogP contribution in [0.15, 0.2) is 54.6 Å². The number of nitrogens with zero attached hydrogens (tertiary/aromatic N) is 1. The van der Waals surface area contributed by atoms with Gasteiger partial charge in [0.15, 0.2) is 0 Å². The fourth-order valence-electron chi connectivity index (χ4n) is 2.15. The SMILES string of the molecule is CCN(Cc1ccccc1)CC(Cl)c1ccc(Cl)cc1. The molecule has 0 N–H and O–H groups in total. The van der Waals surface area contributed by atoms with Crippen molar-refractivity contribution in [3.8, 4) is 0 Å². The molecule has 20 heavy (non-hydrogen) atoms. The lowest BCUT2D eigenvalue weighted by atomic mass is 10.1. The predicted molar refractivity (Wildman–Crippen MR) is 87.4 cm³/mol. The number of rotatable bonds is 6. The van der Waals surface area contributed by atoms with E-state index in [-0.39, 0.29) is 5.38 Å². The van der Waals surface area contributed by atoms with Gasteiger partial charge in [0.2, 0.25) is 0 Å². The number of halogens is 2. The van der Waals surface area contributed by atoms with Gasteiger partial charge in [-0.1, -0.05) is 61.0 Å². The van der Waals surface area contributed by atoms with Gasteiger partial charge < -0.3 is 0 Å². The van der Waals surface area contributed by atoms with E-state index in [1.165, 1.54) is 5.56 Å². The molecule has 0 saturated carbocycles. The number of alkyl halides is 1. The van der Waals surface area contributed by atoms with Crippen LogP contribution in [0.2, 0.25) is 5.02 Å². The van der Waals surface area contributed by atoms with Crippen LogP contribution in [-0.2, 0) is 6.54 Å². The molecule has 0 bridgehead atoms. The van der Waals surface area contributed by atoms with Crippen molar-refractivity contribution in [1.82, 2.24) is 4.90 Å². The van der Waals surface area contributed by atoms with Crippen LogP contribution in [0.1, 0.15) is 23.4 Å². The molecule has 0 saturated heterocycles. The van der Waals surface area contributed by atoms with Crippen molar-refractivity contribution >= 4 is 23.2 Å². The second-order valence-corrected chi connectivity index (χ2v) is 5.80. The Kier molecular flexibility index (Phi) is 5.90. The summed E-state index contributed by atoms with van der Waals surface area (Å²) in [6.07, 6.45) is 0. The molecule has 0 aliphatic carbocycles. The highest BCUT2D eigenvalue weighted by atomic mass is 35.5. The minimum absolute atomic E-state index is 0.0177. The maximum absolute atomic E-state index is 6.51. The van der Waals surface area contributed by atoms with E-state index in [1.807, 2.05) is 30.3 Å². The van der Waals surface area contributed by atoms with Gasteiger partial charge in [-0.2, -0.15) is 0 Å². The number of hydrogen-bond acceptors (Lipinski definition) is 1. The highest BCUT2D eigenvalue weighted by Crippen LogP contribution is 2.23. The molecule has 0 aliphatic rings. The summed E-state index contributed by atoms with van der Waals surface area (Å²) in [5, 5.41) is 0.727. The van der Waals surface area contributed by atoms with Crippen LogP contribution in [0, 0.1) is 0 Å². The molecule has 2 aromatic carbocycles. The van der Waals surface area contributed by atoms with Crippen molar-refractivity contribution < 1.29 is 0 Å². The predicted octanol–water partition coefficient (Wildman–Crippen LogP) is 5.14. The summed E-state index contributed by atoms with van der Waals surface area (Å²) in [5.74, 6) is 0. The first-order chi connectivity index (χ1) is 9.69. The molecule has 0 spiro atoms. The molecular weight excluding hydrogens is 289 g/mol. The number of likely N-dealkylation sites (N-methyl/N-ethyl adjacent to an activating group) is 1. The van der Waals surface area contributed by atoms with Gasteiger partial charge in [0.1, 0.15) is 0 Å². The van der Waals surface area contributed by atoms with E-state index in [9.17, 15) is 0 Å². The highest BCUT2D eigenvalue weighted by Gasteiger charge is 2.13. The maximum Gasteiger partial charge on any atom is 0.0712 e. The molecule has 1 atom stereocenters. The fourth-order valence-corrected chi connectivity index (χ4v) is 2.62. The molecule has 0 amide bonds. The van der Waals surface area contributed by atoms with E-state index in [0.717, 1.165) is 30.2 Å². The summed E-state index contributed by atoms with van der Waals surface area (Å²) in [7, 11) is 0. The third-order valence-electron chi connectivity index (χ3n) is 3.35. The van der Waals surface area contributed by atoms with Gasteiger partial charge in [-0.05, 0) is 29.8 Å². The van der Waals surface area contributed by atoms with E-state index >= 15 is 0 Å². The van der Waals surface area contributed by atoms with Gasteiger partial charge in [0, 0.05) is 18.1 Å². The Bertz CT molecular complexity index is 510. The van der Waals surface area contributed by atoms with Gasteiger partial charge in [0.05, 0.1) is 5.38 Å². The molecule has 106 valence electrons. The molecule has 0 fully saturated rings. The van der Waals surface area contributed by atoms with Gasteiger partial charge in [0.25, 0.3) is 0 Å². The largest absolute Gasteiger partial charge is 0.298 e. The van der Waals surface area contributed by atoms with Crippen LogP contribution in [0.25, 0.3) is 0 Å². The molecule has 3 heteroatoms. The van der Waals surface area contributed by atoms with Crippen molar-refractivity contribution in [3.63, 3.8) is 0 Å². The van der Waals surface area contributed by atoms with Crippen LogP contribution in [0.5, 0.6) is 0 Å². The topological polar surface area (TPSA) is 3.24 Å². The second kappa shape index (κ2) is 7.68. The monoisotopic (exact) mass is 307 g/mol. The summed E-state index contributed by atoms with van der Waals surface area (Å²) in [6.45, 7) is 4.89. The zero-order valence-electron chi connectivity index (χ0n) is 11.6. The molecule has 1 unspecified atom stereocenters. The Morgan fingerprint density at radius 2 is 1.65 bits per heavy atom. The molecule has 0 heterocycles. The maximum atomic E-state index is 6.51.